The fourth-order valence-corrected chi connectivity index (χ4v) is 6.91. The summed E-state index contributed by atoms with van der Waals surface area (Å²) in [6.07, 6.45) is 4.02. The number of benzene rings is 4. The molecule has 0 spiro atoms. The number of nitrogens with zero attached hydrogens (tertiary/aromatic N) is 4. The summed E-state index contributed by atoms with van der Waals surface area (Å²) >= 11 is 0. The Labute approximate surface area is 283 Å². The minimum atomic E-state index is 0.177. The third-order valence-electron chi connectivity index (χ3n) is 9.37. The summed E-state index contributed by atoms with van der Waals surface area (Å²) in [6.45, 7) is 15.6. The van der Waals surface area contributed by atoms with Crippen LogP contribution in [0.3, 0.4) is 0 Å². The van der Waals surface area contributed by atoms with Crippen molar-refractivity contribution >= 4 is 21.8 Å². The molecule has 0 amide bonds. The second-order valence-corrected chi connectivity index (χ2v) is 14.3. The first kappa shape index (κ1) is 31.4. The third-order valence-corrected chi connectivity index (χ3v) is 9.37. The SMILES string of the molecule is CCC(C)c1ccc2c(c1)c1ccc(Oc3cccc(-n4nc(C)c(-c5ccccc5)c4C)c3)cc1n2-c1cc(CC(C)(C)C)ccn1. The van der Waals surface area contributed by atoms with Crippen LogP contribution in [0.4, 0.5) is 0 Å². The van der Waals surface area contributed by atoms with E-state index in [1.807, 2.05) is 29.1 Å². The molecule has 0 aliphatic rings. The molecule has 5 nitrogen and oxygen atoms in total. The van der Waals surface area contributed by atoms with Gasteiger partial charge in [0.05, 0.1) is 22.4 Å². The van der Waals surface area contributed by atoms with Crippen LogP contribution in [0.5, 0.6) is 11.5 Å². The maximum atomic E-state index is 6.59. The normalized spacial score (nSPS) is 12.6. The highest BCUT2D eigenvalue weighted by Crippen LogP contribution is 2.38. The second-order valence-electron chi connectivity index (χ2n) is 14.3. The van der Waals surface area contributed by atoms with Gasteiger partial charge in [-0.25, -0.2) is 9.67 Å². The van der Waals surface area contributed by atoms with Gasteiger partial charge in [0.1, 0.15) is 17.3 Å². The maximum Gasteiger partial charge on any atom is 0.137 e. The Morgan fingerprint density at radius 3 is 2.33 bits per heavy atom. The van der Waals surface area contributed by atoms with Crippen molar-refractivity contribution in [3.8, 4) is 34.1 Å². The predicted octanol–water partition coefficient (Wildman–Crippen LogP) is 11.5. The van der Waals surface area contributed by atoms with Crippen LogP contribution >= 0.6 is 0 Å². The van der Waals surface area contributed by atoms with E-state index >= 15 is 0 Å². The Bertz CT molecular complexity index is 2250. The Kier molecular flexibility index (Phi) is 8.16. The molecule has 7 rings (SSSR count). The van der Waals surface area contributed by atoms with Crippen molar-refractivity contribution in [2.45, 2.75) is 67.2 Å². The minimum Gasteiger partial charge on any atom is -0.457 e. The van der Waals surface area contributed by atoms with Gasteiger partial charge in [-0.3, -0.25) is 4.57 Å². The van der Waals surface area contributed by atoms with Crippen LogP contribution in [0.25, 0.3) is 44.4 Å². The Morgan fingerprint density at radius 2 is 1.56 bits per heavy atom. The molecule has 48 heavy (non-hydrogen) atoms. The predicted molar refractivity (Wildman–Crippen MR) is 199 cm³/mol. The first-order valence-corrected chi connectivity index (χ1v) is 17.0. The zero-order chi connectivity index (χ0) is 33.6. The smallest absolute Gasteiger partial charge is 0.137 e. The summed E-state index contributed by atoms with van der Waals surface area (Å²) in [5.41, 5.74) is 10.4. The van der Waals surface area contributed by atoms with Crippen LogP contribution in [0.1, 0.15) is 69.5 Å². The average molecular weight is 633 g/mol. The summed E-state index contributed by atoms with van der Waals surface area (Å²) in [7, 11) is 0. The number of rotatable bonds is 8. The molecule has 0 N–H and O–H groups in total. The zero-order valence-electron chi connectivity index (χ0n) is 29.1. The molecule has 1 atom stereocenters. The van der Waals surface area contributed by atoms with Gasteiger partial charge in [-0.1, -0.05) is 77.1 Å². The maximum absolute atomic E-state index is 6.59. The van der Waals surface area contributed by atoms with Crippen molar-refractivity contribution in [2.75, 3.05) is 0 Å². The third kappa shape index (κ3) is 6.01. The van der Waals surface area contributed by atoms with Gasteiger partial charge in [0.2, 0.25) is 0 Å². The fraction of sp³-hybridized carbons (Fsp3) is 0.256. The van der Waals surface area contributed by atoms with Gasteiger partial charge in [0.25, 0.3) is 0 Å². The highest BCUT2D eigenvalue weighted by Gasteiger charge is 2.19. The van der Waals surface area contributed by atoms with Gasteiger partial charge < -0.3 is 4.74 Å². The average Bonchev–Trinajstić information content (AvgIpc) is 3.56. The zero-order valence-corrected chi connectivity index (χ0v) is 29.1. The Balaban J connectivity index is 1.31. The molecule has 4 aromatic carbocycles. The molecular formula is C43H44N4O. The van der Waals surface area contributed by atoms with E-state index in [4.69, 9.17) is 14.8 Å². The van der Waals surface area contributed by atoms with Gasteiger partial charge >= 0.3 is 0 Å². The van der Waals surface area contributed by atoms with E-state index in [0.717, 1.165) is 63.8 Å². The molecule has 3 aromatic heterocycles. The molecule has 1 unspecified atom stereocenters. The lowest BCUT2D eigenvalue weighted by Crippen LogP contribution is -2.10. The van der Waals surface area contributed by atoms with E-state index in [1.54, 1.807) is 0 Å². The summed E-state index contributed by atoms with van der Waals surface area (Å²) in [5.74, 6) is 2.94. The quantitative estimate of drug-likeness (QED) is 0.167. The minimum absolute atomic E-state index is 0.177. The van der Waals surface area contributed by atoms with Crippen LogP contribution < -0.4 is 4.74 Å². The molecule has 0 bridgehead atoms. The molecule has 0 saturated carbocycles. The van der Waals surface area contributed by atoms with E-state index in [2.05, 4.69) is 138 Å². The number of aryl methyl sites for hydroxylation is 1. The van der Waals surface area contributed by atoms with Gasteiger partial charge in [0, 0.05) is 40.4 Å². The number of hydrogen-bond donors (Lipinski definition) is 0. The Morgan fingerprint density at radius 1 is 0.771 bits per heavy atom. The molecule has 3 heterocycles. The number of aromatic nitrogens is 4. The highest BCUT2D eigenvalue weighted by molar-refractivity contribution is 6.09. The number of hydrogen-bond acceptors (Lipinski definition) is 3. The molecule has 242 valence electrons. The van der Waals surface area contributed by atoms with Crippen molar-refractivity contribution in [1.82, 2.24) is 19.3 Å². The van der Waals surface area contributed by atoms with E-state index in [9.17, 15) is 0 Å². The molecule has 0 aliphatic heterocycles. The number of ether oxygens (including phenoxy) is 1. The van der Waals surface area contributed by atoms with Crippen molar-refractivity contribution in [2.24, 2.45) is 5.41 Å². The first-order chi connectivity index (χ1) is 23.1. The van der Waals surface area contributed by atoms with Crippen molar-refractivity contribution in [3.05, 3.63) is 132 Å². The largest absolute Gasteiger partial charge is 0.457 e. The number of pyridine rings is 1. The summed E-state index contributed by atoms with van der Waals surface area (Å²) < 4.78 is 10.9. The van der Waals surface area contributed by atoms with Crippen molar-refractivity contribution in [3.63, 3.8) is 0 Å². The molecule has 0 aliphatic carbocycles. The van der Waals surface area contributed by atoms with Gasteiger partial charge in [-0.15, -0.1) is 0 Å². The van der Waals surface area contributed by atoms with Crippen molar-refractivity contribution in [1.29, 1.82) is 0 Å². The van der Waals surface area contributed by atoms with Crippen LogP contribution in [-0.4, -0.2) is 19.3 Å². The van der Waals surface area contributed by atoms with Gasteiger partial charge in [0.15, 0.2) is 0 Å². The monoisotopic (exact) mass is 632 g/mol. The summed E-state index contributed by atoms with van der Waals surface area (Å²) in [6, 6.07) is 36.3. The first-order valence-electron chi connectivity index (χ1n) is 17.0. The molecule has 5 heteroatoms. The van der Waals surface area contributed by atoms with Crippen LogP contribution in [0, 0.1) is 19.3 Å². The fourth-order valence-electron chi connectivity index (χ4n) is 6.91. The van der Waals surface area contributed by atoms with E-state index in [0.29, 0.717) is 5.92 Å². The highest BCUT2D eigenvalue weighted by atomic mass is 16.5. The molecule has 0 fully saturated rings. The molecule has 7 aromatic rings. The van der Waals surface area contributed by atoms with Gasteiger partial charge in [-0.05, 0) is 103 Å². The van der Waals surface area contributed by atoms with E-state index in [-0.39, 0.29) is 5.41 Å². The van der Waals surface area contributed by atoms with Crippen LogP contribution in [0.15, 0.2) is 109 Å². The van der Waals surface area contributed by atoms with E-state index < -0.39 is 0 Å². The summed E-state index contributed by atoms with van der Waals surface area (Å²) in [5, 5.41) is 7.35. The molecular weight excluding hydrogens is 589 g/mol. The lowest BCUT2D eigenvalue weighted by atomic mass is 9.88. The summed E-state index contributed by atoms with van der Waals surface area (Å²) in [4.78, 5) is 4.90. The van der Waals surface area contributed by atoms with Gasteiger partial charge in [-0.2, -0.15) is 5.10 Å². The van der Waals surface area contributed by atoms with Crippen molar-refractivity contribution < 1.29 is 4.74 Å². The topological polar surface area (TPSA) is 44.9 Å². The molecule has 0 radical (unpaired) electrons. The number of fused-ring (bicyclic) bond motifs is 3. The van der Waals surface area contributed by atoms with E-state index in [1.165, 1.54) is 27.5 Å². The lowest BCUT2D eigenvalue weighted by molar-refractivity contribution is 0.411. The standard InChI is InChI=1S/C43H44N4O/c1-8-28(2)33-17-20-39-38(24-33)37-19-18-36(26-40(37)46(39)41-23-31(21-22-44-41)27-43(5,6)7)48-35-16-12-15-34(25-35)47-30(4)42(29(3)45-47)32-13-10-9-11-14-32/h9-26,28H,8,27H2,1-7H3. The second kappa shape index (κ2) is 12.5. The lowest BCUT2D eigenvalue weighted by Gasteiger charge is -2.18. The van der Waals surface area contributed by atoms with Crippen LogP contribution in [0.2, 0.25) is 0 Å². The van der Waals surface area contributed by atoms with Crippen LogP contribution in [-0.2, 0) is 6.42 Å². The Hall–Kier alpha value is -5.16. The molecule has 0 saturated heterocycles.